The van der Waals surface area contributed by atoms with E-state index in [0.29, 0.717) is 13.0 Å². The number of rotatable bonds is 6. The van der Waals surface area contributed by atoms with Gasteiger partial charge in [0.1, 0.15) is 5.41 Å². The summed E-state index contributed by atoms with van der Waals surface area (Å²) in [5, 5.41) is 11.8. The summed E-state index contributed by atoms with van der Waals surface area (Å²) in [6, 6.07) is 11.7. The average Bonchev–Trinajstić information content (AvgIpc) is 2.40. The first-order valence-electron chi connectivity index (χ1n) is 6.24. The molecule has 0 heterocycles. The highest BCUT2D eigenvalue weighted by Crippen LogP contribution is 2.14. The highest BCUT2D eigenvalue weighted by Gasteiger charge is 2.29. The van der Waals surface area contributed by atoms with Gasteiger partial charge in [0.05, 0.1) is 18.7 Å². The van der Waals surface area contributed by atoms with Crippen molar-refractivity contribution in [3.63, 3.8) is 0 Å². The molecular weight excluding hydrogens is 240 g/mol. The normalized spacial score (nSPS) is 12.5. The van der Waals surface area contributed by atoms with Crippen LogP contribution in [0.2, 0.25) is 0 Å². The largest absolute Gasteiger partial charge is 0.383 e. The molecule has 19 heavy (non-hydrogen) atoms. The fourth-order valence-electron chi connectivity index (χ4n) is 1.67. The zero-order valence-corrected chi connectivity index (χ0v) is 11.6. The summed E-state index contributed by atoms with van der Waals surface area (Å²) >= 11 is 0. The summed E-state index contributed by atoms with van der Waals surface area (Å²) in [5.74, 6) is -0.270. The average molecular weight is 260 g/mol. The molecule has 0 fully saturated rings. The first-order valence-corrected chi connectivity index (χ1v) is 6.24. The van der Waals surface area contributed by atoms with E-state index in [1.165, 1.54) is 0 Å². The molecule has 4 nitrogen and oxygen atoms in total. The Balaban J connectivity index is 2.69. The van der Waals surface area contributed by atoms with Crippen LogP contribution in [-0.2, 0) is 16.0 Å². The molecule has 1 atom stereocenters. The first-order chi connectivity index (χ1) is 8.99. The van der Waals surface area contributed by atoms with Crippen LogP contribution < -0.4 is 5.32 Å². The number of methoxy groups -OCH3 is 1. The standard InChI is InChI=1S/C15H20N2O2/c1-15(2,11-16)14(18)17-13(10-19-3)9-12-7-5-4-6-8-12/h4-8,13H,9-10H2,1-3H3,(H,17,18). The molecule has 1 aromatic carbocycles. The van der Waals surface area contributed by atoms with Gasteiger partial charge in [0.2, 0.25) is 5.91 Å². The Kier molecular flexibility index (Phi) is 5.53. The van der Waals surface area contributed by atoms with E-state index in [0.717, 1.165) is 5.56 Å². The molecule has 4 heteroatoms. The van der Waals surface area contributed by atoms with Crippen LogP contribution in [0.1, 0.15) is 19.4 Å². The molecule has 1 unspecified atom stereocenters. The van der Waals surface area contributed by atoms with Gasteiger partial charge in [0.25, 0.3) is 0 Å². The van der Waals surface area contributed by atoms with E-state index in [4.69, 9.17) is 10.00 Å². The van der Waals surface area contributed by atoms with E-state index >= 15 is 0 Å². The van der Waals surface area contributed by atoms with Crippen molar-refractivity contribution < 1.29 is 9.53 Å². The van der Waals surface area contributed by atoms with Crippen LogP contribution in [-0.4, -0.2) is 25.7 Å². The molecule has 0 saturated carbocycles. The van der Waals surface area contributed by atoms with Crippen molar-refractivity contribution in [2.75, 3.05) is 13.7 Å². The molecular formula is C15H20N2O2. The van der Waals surface area contributed by atoms with E-state index in [2.05, 4.69) is 5.32 Å². The molecule has 1 N–H and O–H groups in total. The van der Waals surface area contributed by atoms with Gasteiger partial charge in [-0.3, -0.25) is 4.79 Å². The molecule has 0 radical (unpaired) electrons. The van der Waals surface area contributed by atoms with Crippen molar-refractivity contribution >= 4 is 5.91 Å². The Labute approximate surface area is 114 Å². The van der Waals surface area contributed by atoms with E-state index in [1.54, 1.807) is 21.0 Å². The number of benzene rings is 1. The predicted octanol–water partition coefficient (Wildman–Crippen LogP) is 1.91. The first kappa shape index (κ1) is 15.2. The Morgan fingerprint density at radius 2 is 2.05 bits per heavy atom. The van der Waals surface area contributed by atoms with Gasteiger partial charge in [-0.05, 0) is 25.8 Å². The van der Waals surface area contributed by atoms with E-state index < -0.39 is 5.41 Å². The predicted molar refractivity (Wildman–Crippen MR) is 73.3 cm³/mol. The lowest BCUT2D eigenvalue weighted by molar-refractivity contribution is -0.127. The van der Waals surface area contributed by atoms with Crippen molar-refractivity contribution in [1.29, 1.82) is 5.26 Å². The summed E-state index contributed by atoms with van der Waals surface area (Å²) in [5.41, 5.74) is 0.0995. The van der Waals surface area contributed by atoms with Gasteiger partial charge in [-0.15, -0.1) is 0 Å². The number of hydrogen-bond donors (Lipinski definition) is 1. The summed E-state index contributed by atoms with van der Waals surface area (Å²) in [6.45, 7) is 3.63. The van der Waals surface area contributed by atoms with E-state index in [1.807, 2.05) is 36.4 Å². The van der Waals surface area contributed by atoms with Gasteiger partial charge >= 0.3 is 0 Å². The van der Waals surface area contributed by atoms with Gasteiger partial charge < -0.3 is 10.1 Å². The maximum Gasteiger partial charge on any atom is 0.240 e. The van der Waals surface area contributed by atoms with Crippen molar-refractivity contribution in [1.82, 2.24) is 5.32 Å². The van der Waals surface area contributed by atoms with Crippen LogP contribution in [0.3, 0.4) is 0 Å². The Bertz CT molecular complexity index is 449. The molecule has 0 saturated heterocycles. The number of ether oxygens (including phenoxy) is 1. The number of hydrogen-bond acceptors (Lipinski definition) is 3. The van der Waals surface area contributed by atoms with Gasteiger partial charge in [0, 0.05) is 7.11 Å². The van der Waals surface area contributed by atoms with Gasteiger partial charge in [-0.2, -0.15) is 5.26 Å². The second-order valence-electron chi connectivity index (χ2n) is 5.05. The lowest BCUT2D eigenvalue weighted by Gasteiger charge is -2.22. The number of carbonyl (C=O) groups is 1. The van der Waals surface area contributed by atoms with Crippen molar-refractivity contribution in [2.45, 2.75) is 26.3 Å². The van der Waals surface area contributed by atoms with Crippen LogP contribution in [0.25, 0.3) is 0 Å². The molecule has 0 aliphatic heterocycles. The number of nitrogens with one attached hydrogen (secondary N) is 1. The third kappa shape index (κ3) is 4.72. The smallest absolute Gasteiger partial charge is 0.240 e. The number of nitriles is 1. The summed E-state index contributed by atoms with van der Waals surface area (Å²) < 4.78 is 5.13. The fourth-order valence-corrected chi connectivity index (χ4v) is 1.67. The Morgan fingerprint density at radius 1 is 1.42 bits per heavy atom. The van der Waals surface area contributed by atoms with Crippen LogP contribution in [0.5, 0.6) is 0 Å². The zero-order chi connectivity index (χ0) is 14.3. The summed E-state index contributed by atoms with van der Waals surface area (Å²) in [4.78, 5) is 12.0. The highest BCUT2D eigenvalue weighted by atomic mass is 16.5. The Morgan fingerprint density at radius 3 is 2.58 bits per heavy atom. The Hall–Kier alpha value is -1.86. The number of amides is 1. The summed E-state index contributed by atoms with van der Waals surface area (Å²) in [6.07, 6.45) is 0.682. The molecule has 0 spiro atoms. The van der Waals surface area contributed by atoms with Crippen molar-refractivity contribution in [3.8, 4) is 6.07 Å². The summed E-state index contributed by atoms with van der Waals surface area (Å²) in [7, 11) is 1.60. The van der Waals surface area contributed by atoms with Gasteiger partial charge in [-0.25, -0.2) is 0 Å². The van der Waals surface area contributed by atoms with Crippen molar-refractivity contribution in [2.24, 2.45) is 5.41 Å². The maximum absolute atomic E-state index is 12.0. The third-order valence-corrected chi connectivity index (χ3v) is 2.88. The molecule has 0 bridgehead atoms. The SMILES string of the molecule is COCC(Cc1ccccc1)NC(=O)C(C)(C)C#N. The monoisotopic (exact) mass is 260 g/mol. The van der Waals surface area contributed by atoms with Crippen LogP contribution in [0, 0.1) is 16.7 Å². The lowest BCUT2D eigenvalue weighted by atomic mass is 9.94. The van der Waals surface area contributed by atoms with Gasteiger partial charge in [-0.1, -0.05) is 30.3 Å². The van der Waals surface area contributed by atoms with E-state index in [9.17, 15) is 4.79 Å². The third-order valence-electron chi connectivity index (χ3n) is 2.88. The maximum atomic E-state index is 12.0. The van der Waals surface area contributed by atoms with Crippen LogP contribution >= 0.6 is 0 Å². The van der Waals surface area contributed by atoms with Crippen LogP contribution in [0.4, 0.5) is 0 Å². The lowest BCUT2D eigenvalue weighted by Crippen LogP contribution is -2.45. The molecule has 0 aliphatic rings. The minimum atomic E-state index is -1.03. The molecule has 1 amide bonds. The van der Waals surface area contributed by atoms with Gasteiger partial charge in [0.15, 0.2) is 0 Å². The zero-order valence-electron chi connectivity index (χ0n) is 11.6. The van der Waals surface area contributed by atoms with Crippen LogP contribution in [0.15, 0.2) is 30.3 Å². The fraction of sp³-hybridized carbons (Fsp3) is 0.467. The molecule has 1 rings (SSSR count). The van der Waals surface area contributed by atoms with E-state index in [-0.39, 0.29) is 11.9 Å². The number of nitrogens with zero attached hydrogens (tertiary/aromatic N) is 1. The molecule has 0 aromatic heterocycles. The second-order valence-corrected chi connectivity index (χ2v) is 5.05. The minimum Gasteiger partial charge on any atom is -0.383 e. The van der Waals surface area contributed by atoms with Crippen molar-refractivity contribution in [3.05, 3.63) is 35.9 Å². The molecule has 1 aromatic rings. The molecule has 0 aliphatic carbocycles. The topological polar surface area (TPSA) is 62.1 Å². The number of carbonyl (C=O) groups excluding carboxylic acids is 1. The molecule has 102 valence electrons. The minimum absolute atomic E-state index is 0.132. The quantitative estimate of drug-likeness (QED) is 0.850. The second kappa shape index (κ2) is 6.91. The highest BCUT2D eigenvalue weighted by molar-refractivity contribution is 5.84.